The molecule has 1 aromatic carbocycles. The maximum absolute atomic E-state index is 9.48. The van der Waals surface area contributed by atoms with Crippen molar-refractivity contribution >= 4 is 17.7 Å². The minimum atomic E-state index is -0.204. The van der Waals surface area contributed by atoms with E-state index in [1.807, 2.05) is 31.2 Å². The first kappa shape index (κ1) is 11.1. The molecular weight excluding hydrogens is 216 g/mol. The second-order valence-corrected chi connectivity index (χ2v) is 3.60. The third kappa shape index (κ3) is 2.39. The Morgan fingerprint density at radius 3 is 2.88 bits per heavy atom. The average molecular weight is 228 g/mol. The van der Waals surface area contributed by atoms with Crippen molar-refractivity contribution < 1.29 is 5.11 Å². The second-order valence-electron chi connectivity index (χ2n) is 3.60. The molecule has 2 rings (SSSR count). The van der Waals surface area contributed by atoms with Gasteiger partial charge < -0.3 is 15.8 Å². The van der Waals surface area contributed by atoms with Crippen LogP contribution in [0, 0.1) is 12.3 Å². The minimum Gasteiger partial charge on any atom is -0.493 e. The monoisotopic (exact) mass is 228 g/mol. The minimum absolute atomic E-state index is 0.204. The van der Waals surface area contributed by atoms with E-state index in [9.17, 15) is 5.11 Å². The van der Waals surface area contributed by atoms with Crippen LogP contribution in [0.1, 0.15) is 11.1 Å². The molecule has 0 aliphatic rings. The molecule has 0 amide bonds. The molecule has 0 spiro atoms. The van der Waals surface area contributed by atoms with E-state index in [0.717, 1.165) is 17.5 Å². The van der Waals surface area contributed by atoms with Gasteiger partial charge in [0.15, 0.2) is 0 Å². The van der Waals surface area contributed by atoms with Crippen LogP contribution in [0.5, 0.6) is 5.88 Å². The van der Waals surface area contributed by atoms with Gasteiger partial charge in [0, 0.05) is 11.9 Å². The smallest absolute Gasteiger partial charge is 0.225 e. The van der Waals surface area contributed by atoms with E-state index in [4.69, 9.17) is 5.41 Å². The number of nitrogens with zero attached hydrogens (tertiary/aromatic N) is 2. The van der Waals surface area contributed by atoms with Gasteiger partial charge in [-0.1, -0.05) is 12.1 Å². The van der Waals surface area contributed by atoms with Crippen LogP contribution >= 0.6 is 0 Å². The van der Waals surface area contributed by atoms with E-state index in [2.05, 4.69) is 15.3 Å². The fourth-order valence-corrected chi connectivity index (χ4v) is 1.48. The molecule has 0 bridgehead atoms. The van der Waals surface area contributed by atoms with Crippen LogP contribution in [0.25, 0.3) is 0 Å². The SMILES string of the molecule is Cc1cccc(Nc2ncnc(O)c2C=N)c1. The van der Waals surface area contributed by atoms with Gasteiger partial charge >= 0.3 is 0 Å². The summed E-state index contributed by atoms with van der Waals surface area (Å²) in [4.78, 5) is 7.62. The fraction of sp³-hybridized carbons (Fsp3) is 0.0833. The quantitative estimate of drug-likeness (QED) is 0.703. The number of hydrogen-bond donors (Lipinski definition) is 3. The summed E-state index contributed by atoms with van der Waals surface area (Å²) in [5, 5.41) is 19.8. The Balaban J connectivity index is 2.36. The Hall–Kier alpha value is -2.43. The van der Waals surface area contributed by atoms with E-state index in [1.54, 1.807) is 0 Å². The summed E-state index contributed by atoms with van der Waals surface area (Å²) in [5.41, 5.74) is 2.24. The largest absolute Gasteiger partial charge is 0.493 e. The van der Waals surface area contributed by atoms with E-state index >= 15 is 0 Å². The molecule has 86 valence electrons. The molecule has 1 heterocycles. The zero-order chi connectivity index (χ0) is 12.3. The molecule has 0 unspecified atom stereocenters. The first-order chi connectivity index (χ1) is 8.20. The number of benzene rings is 1. The van der Waals surface area contributed by atoms with Gasteiger partial charge in [-0.05, 0) is 24.6 Å². The van der Waals surface area contributed by atoms with Crippen LogP contribution in [-0.2, 0) is 0 Å². The number of aryl methyl sites for hydroxylation is 1. The van der Waals surface area contributed by atoms with E-state index in [0.29, 0.717) is 5.82 Å². The summed E-state index contributed by atoms with van der Waals surface area (Å²) >= 11 is 0. The van der Waals surface area contributed by atoms with Crippen LogP contribution in [0.3, 0.4) is 0 Å². The first-order valence-electron chi connectivity index (χ1n) is 5.09. The van der Waals surface area contributed by atoms with Gasteiger partial charge in [-0.3, -0.25) is 0 Å². The number of anilines is 2. The number of aromatic nitrogens is 2. The number of rotatable bonds is 3. The highest BCUT2D eigenvalue weighted by Crippen LogP contribution is 2.22. The van der Waals surface area contributed by atoms with Crippen molar-refractivity contribution in [2.75, 3.05) is 5.32 Å². The lowest BCUT2D eigenvalue weighted by molar-refractivity contribution is 0.451. The molecule has 17 heavy (non-hydrogen) atoms. The van der Waals surface area contributed by atoms with Gasteiger partial charge in [0.1, 0.15) is 12.1 Å². The molecule has 1 aromatic heterocycles. The van der Waals surface area contributed by atoms with Gasteiger partial charge in [0.05, 0.1) is 5.56 Å². The second kappa shape index (κ2) is 4.61. The van der Waals surface area contributed by atoms with Crippen LogP contribution in [0.15, 0.2) is 30.6 Å². The van der Waals surface area contributed by atoms with Crippen LogP contribution in [-0.4, -0.2) is 21.3 Å². The van der Waals surface area contributed by atoms with Crippen molar-refractivity contribution in [3.8, 4) is 5.88 Å². The zero-order valence-corrected chi connectivity index (χ0v) is 9.31. The van der Waals surface area contributed by atoms with Crippen molar-refractivity contribution in [3.63, 3.8) is 0 Å². The van der Waals surface area contributed by atoms with Crippen molar-refractivity contribution in [1.82, 2.24) is 9.97 Å². The molecule has 0 fully saturated rings. The maximum atomic E-state index is 9.48. The summed E-state index contributed by atoms with van der Waals surface area (Å²) in [5.74, 6) is 0.211. The molecule has 5 nitrogen and oxygen atoms in total. The Labute approximate surface area is 98.7 Å². The molecule has 0 atom stereocenters. The van der Waals surface area contributed by atoms with Crippen molar-refractivity contribution in [2.45, 2.75) is 6.92 Å². The zero-order valence-electron chi connectivity index (χ0n) is 9.31. The summed E-state index contributed by atoms with van der Waals surface area (Å²) in [7, 11) is 0. The highest BCUT2D eigenvalue weighted by molar-refractivity contribution is 5.88. The van der Waals surface area contributed by atoms with Crippen molar-refractivity contribution in [3.05, 3.63) is 41.7 Å². The molecular formula is C12H12N4O. The van der Waals surface area contributed by atoms with Crippen LogP contribution in [0.4, 0.5) is 11.5 Å². The lowest BCUT2D eigenvalue weighted by Crippen LogP contribution is -2.00. The fourth-order valence-electron chi connectivity index (χ4n) is 1.48. The molecule has 0 aliphatic heterocycles. The van der Waals surface area contributed by atoms with Gasteiger partial charge in [-0.15, -0.1) is 0 Å². The molecule has 5 heteroatoms. The Morgan fingerprint density at radius 2 is 2.18 bits per heavy atom. The summed E-state index contributed by atoms with van der Waals surface area (Å²) < 4.78 is 0. The number of hydrogen-bond acceptors (Lipinski definition) is 5. The molecule has 0 radical (unpaired) electrons. The van der Waals surface area contributed by atoms with Gasteiger partial charge in [-0.25, -0.2) is 9.97 Å². The lowest BCUT2D eigenvalue weighted by atomic mass is 10.2. The van der Waals surface area contributed by atoms with Gasteiger partial charge in [-0.2, -0.15) is 0 Å². The standard InChI is InChI=1S/C12H12N4O/c1-8-3-2-4-9(5-8)16-11-10(6-13)12(17)15-7-14-11/h2-7,13H,1H3,(H2,14,15,16,17). The van der Waals surface area contributed by atoms with Gasteiger partial charge in [0.2, 0.25) is 5.88 Å². The van der Waals surface area contributed by atoms with E-state index < -0.39 is 0 Å². The van der Waals surface area contributed by atoms with Crippen molar-refractivity contribution in [2.24, 2.45) is 0 Å². The Kier molecular flexibility index (Phi) is 3.00. The molecule has 2 aromatic rings. The maximum Gasteiger partial charge on any atom is 0.225 e. The molecule has 0 saturated carbocycles. The van der Waals surface area contributed by atoms with Crippen molar-refractivity contribution in [1.29, 1.82) is 5.41 Å². The third-order valence-corrected chi connectivity index (χ3v) is 2.29. The van der Waals surface area contributed by atoms with Gasteiger partial charge in [0.25, 0.3) is 0 Å². The number of nitrogens with one attached hydrogen (secondary N) is 2. The Morgan fingerprint density at radius 1 is 1.35 bits per heavy atom. The van der Waals surface area contributed by atoms with E-state index in [-0.39, 0.29) is 11.4 Å². The topological polar surface area (TPSA) is 81.9 Å². The summed E-state index contributed by atoms with van der Waals surface area (Å²) in [6.45, 7) is 1.99. The predicted molar refractivity (Wildman–Crippen MR) is 66.0 cm³/mol. The molecule has 0 aliphatic carbocycles. The summed E-state index contributed by atoms with van der Waals surface area (Å²) in [6, 6.07) is 7.75. The highest BCUT2D eigenvalue weighted by Gasteiger charge is 2.08. The average Bonchev–Trinajstić information content (AvgIpc) is 2.29. The first-order valence-corrected chi connectivity index (χ1v) is 5.09. The highest BCUT2D eigenvalue weighted by atomic mass is 16.3. The Bertz CT molecular complexity index is 554. The number of aromatic hydroxyl groups is 1. The van der Waals surface area contributed by atoms with Crippen LogP contribution in [0.2, 0.25) is 0 Å². The lowest BCUT2D eigenvalue weighted by Gasteiger charge is -2.08. The van der Waals surface area contributed by atoms with E-state index in [1.165, 1.54) is 6.33 Å². The summed E-state index contributed by atoms with van der Waals surface area (Å²) in [6.07, 6.45) is 2.27. The molecule has 3 N–H and O–H groups in total. The normalized spacial score (nSPS) is 9.94. The predicted octanol–water partition coefficient (Wildman–Crippen LogP) is 2.23. The molecule has 0 saturated heterocycles. The third-order valence-electron chi connectivity index (χ3n) is 2.29. The van der Waals surface area contributed by atoms with Crippen LogP contribution < -0.4 is 5.32 Å².